The van der Waals surface area contributed by atoms with Gasteiger partial charge in [0.2, 0.25) is 0 Å². The quantitative estimate of drug-likeness (QED) is 0.540. The zero-order valence-electron chi connectivity index (χ0n) is 13.1. The number of hydrogen-bond donors (Lipinski definition) is 1. The maximum Gasteiger partial charge on any atom is 0.322 e. The number of aromatic nitrogens is 3. The van der Waals surface area contributed by atoms with Crippen molar-refractivity contribution in [3.63, 3.8) is 0 Å². The Morgan fingerprint density at radius 1 is 1.12 bits per heavy atom. The van der Waals surface area contributed by atoms with Crippen LogP contribution in [-0.4, -0.2) is 27.3 Å². The minimum atomic E-state index is -0.366. The lowest BCUT2D eigenvalue weighted by Crippen LogP contribution is -2.11. The summed E-state index contributed by atoms with van der Waals surface area (Å²) in [6.45, 7) is 0. The minimum Gasteiger partial charge on any atom is -0.403 e. The van der Waals surface area contributed by atoms with Crippen LogP contribution in [0.5, 0.6) is 0 Å². The molecular weight excluding hydrogens is 356 g/mol. The average molecular weight is 368 g/mol. The van der Waals surface area contributed by atoms with Crippen LogP contribution in [0.4, 0.5) is 6.01 Å². The molecule has 0 aliphatic rings. The second-order valence-electron chi connectivity index (χ2n) is 5.05. The first kappa shape index (κ1) is 15.8. The first-order chi connectivity index (χ1) is 12.2. The number of anilines is 1. The predicted octanol–water partition coefficient (Wildman–Crippen LogP) is 4.32. The molecule has 0 spiro atoms. The van der Waals surface area contributed by atoms with Crippen LogP contribution < -0.4 is 5.32 Å². The van der Waals surface area contributed by atoms with E-state index in [9.17, 15) is 4.79 Å². The topological polar surface area (TPSA) is 80.9 Å². The molecule has 0 radical (unpaired) electrons. The van der Waals surface area contributed by atoms with Crippen LogP contribution >= 0.6 is 23.1 Å². The molecule has 0 aliphatic carbocycles. The number of rotatable bonds is 4. The standard InChI is InChI=1S/C17H12N4O2S2/c1-24-12-8-4-2-6-10(12)15-20-21-17(23-15)19-14(22)16-18-11-7-3-5-9-13(11)25-16/h2-9H,1H3,(H,19,21,22). The van der Waals surface area contributed by atoms with Crippen molar-refractivity contribution in [2.45, 2.75) is 4.90 Å². The van der Waals surface area contributed by atoms with Gasteiger partial charge in [0.05, 0.1) is 15.8 Å². The van der Waals surface area contributed by atoms with Crippen LogP contribution in [0.1, 0.15) is 9.80 Å². The Morgan fingerprint density at radius 3 is 2.76 bits per heavy atom. The number of nitrogens with zero attached hydrogens (tertiary/aromatic N) is 3. The monoisotopic (exact) mass is 368 g/mol. The number of carbonyl (C=O) groups is 1. The summed E-state index contributed by atoms with van der Waals surface area (Å²) in [4.78, 5) is 17.7. The number of thioether (sulfide) groups is 1. The maximum absolute atomic E-state index is 12.4. The number of thiazole rings is 1. The second-order valence-corrected chi connectivity index (χ2v) is 6.93. The third kappa shape index (κ3) is 3.13. The van der Waals surface area contributed by atoms with E-state index >= 15 is 0 Å². The number of fused-ring (bicyclic) bond motifs is 1. The Kier molecular flexibility index (Phi) is 4.21. The number of benzene rings is 2. The summed E-state index contributed by atoms with van der Waals surface area (Å²) in [6.07, 6.45) is 1.98. The number of carbonyl (C=O) groups excluding carboxylic acids is 1. The SMILES string of the molecule is CSc1ccccc1-c1nnc(NC(=O)c2nc3ccccc3s2)o1. The van der Waals surface area contributed by atoms with E-state index in [-0.39, 0.29) is 11.9 Å². The third-order valence-corrected chi connectivity index (χ3v) is 5.30. The molecule has 2 aromatic heterocycles. The number of para-hydroxylation sites is 1. The van der Waals surface area contributed by atoms with Gasteiger partial charge < -0.3 is 4.42 Å². The van der Waals surface area contributed by atoms with Crippen LogP contribution in [0.2, 0.25) is 0 Å². The van der Waals surface area contributed by atoms with Gasteiger partial charge >= 0.3 is 6.01 Å². The van der Waals surface area contributed by atoms with Gasteiger partial charge in [0, 0.05) is 4.90 Å². The highest BCUT2D eigenvalue weighted by atomic mass is 32.2. The fourth-order valence-corrected chi connectivity index (χ4v) is 3.77. The Labute approximate surface area is 151 Å². The van der Waals surface area contributed by atoms with Gasteiger partial charge in [-0.2, -0.15) is 0 Å². The Hall–Kier alpha value is -2.71. The lowest BCUT2D eigenvalue weighted by atomic mass is 10.2. The molecule has 25 heavy (non-hydrogen) atoms. The molecule has 1 N–H and O–H groups in total. The first-order valence-corrected chi connectivity index (χ1v) is 9.42. The predicted molar refractivity (Wildman–Crippen MR) is 99.1 cm³/mol. The molecule has 2 aromatic carbocycles. The first-order valence-electron chi connectivity index (χ1n) is 7.38. The lowest BCUT2D eigenvalue weighted by molar-refractivity contribution is 0.102. The van der Waals surface area contributed by atoms with Crippen LogP contribution in [-0.2, 0) is 0 Å². The van der Waals surface area contributed by atoms with E-state index < -0.39 is 0 Å². The summed E-state index contributed by atoms with van der Waals surface area (Å²) in [7, 11) is 0. The largest absolute Gasteiger partial charge is 0.403 e. The normalized spacial score (nSPS) is 10.9. The van der Waals surface area contributed by atoms with Gasteiger partial charge in [0.15, 0.2) is 5.01 Å². The molecule has 0 saturated carbocycles. The molecule has 4 aromatic rings. The van der Waals surface area contributed by atoms with E-state index in [1.807, 2.05) is 54.8 Å². The van der Waals surface area contributed by atoms with E-state index in [4.69, 9.17) is 4.42 Å². The molecule has 0 saturated heterocycles. The van der Waals surface area contributed by atoms with E-state index in [2.05, 4.69) is 20.5 Å². The number of amides is 1. The summed E-state index contributed by atoms with van der Waals surface area (Å²) in [5.41, 5.74) is 1.63. The van der Waals surface area contributed by atoms with E-state index in [1.54, 1.807) is 11.8 Å². The van der Waals surface area contributed by atoms with Crippen molar-refractivity contribution in [1.82, 2.24) is 15.2 Å². The van der Waals surface area contributed by atoms with E-state index in [1.165, 1.54) is 11.3 Å². The Balaban J connectivity index is 1.57. The van der Waals surface area contributed by atoms with Crippen molar-refractivity contribution in [1.29, 1.82) is 0 Å². The Bertz CT molecular complexity index is 1020. The van der Waals surface area contributed by atoms with Gasteiger partial charge in [0.1, 0.15) is 0 Å². The van der Waals surface area contributed by atoms with Gasteiger partial charge in [-0.3, -0.25) is 10.1 Å². The second kappa shape index (κ2) is 6.66. The molecule has 0 unspecified atom stereocenters. The zero-order chi connectivity index (χ0) is 17.2. The van der Waals surface area contributed by atoms with Gasteiger partial charge in [-0.25, -0.2) is 4.98 Å². The van der Waals surface area contributed by atoms with Gasteiger partial charge in [-0.1, -0.05) is 29.4 Å². The molecule has 0 aliphatic heterocycles. The molecule has 4 rings (SSSR count). The molecule has 124 valence electrons. The lowest BCUT2D eigenvalue weighted by Gasteiger charge is -2.01. The van der Waals surface area contributed by atoms with Crippen molar-refractivity contribution >= 4 is 45.2 Å². The smallest absolute Gasteiger partial charge is 0.322 e. The van der Waals surface area contributed by atoms with Crippen molar-refractivity contribution in [3.8, 4) is 11.5 Å². The van der Waals surface area contributed by atoms with Crippen LogP contribution in [0.25, 0.3) is 21.7 Å². The van der Waals surface area contributed by atoms with Crippen molar-refractivity contribution in [2.75, 3.05) is 11.6 Å². The molecule has 8 heteroatoms. The molecule has 0 fully saturated rings. The maximum atomic E-state index is 12.4. The average Bonchev–Trinajstić information content (AvgIpc) is 3.28. The summed E-state index contributed by atoms with van der Waals surface area (Å²) >= 11 is 2.91. The summed E-state index contributed by atoms with van der Waals surface area (Å²) in [5.74, 6) is -0.000832. The number of nitrogens with one attached hydrogen (secondary N) is 1. The third-order valence-electron chi connectivity index (χ3n) is 3.47. The molecule has 0 bridgehead atoms. The van der Waals surface area contributed by atoms with Gasteiger partial charge in [-0.15, -0.1) is 28.2 Å². The molecule has 1 amide bonds. The highest BCUT2D eigenvalue weighted by Crippen LogP contribution is 2.30. The molecule has 2 heterocycles. The highest BCUT2D eigenvalue weighted by Gasteiger charge is 2.17. The highest BCUT2D eigenvalue weighted by molar-refractivity contribution is 7.98. The summed E-state index contributed by atoms with van der Waals surface area (Å²) in [6, 6.07) is 15.4. The molecule has 0 atom stereocenters. The number of hydrogen-bond acceptors (Lipinski definition) is 7. The van der Waals surface area contributed by atoms with Crippen LogP contribution in [0.3, 0.4) is 0 Å². The van der Waals surface area contributed by atoms with Crippen LogP contribution in [0.15, 0.2) is 57.8 Å². The van der Waals surface area contributed by atoms with Crippen molar-refractivity contribution in [3.05, 3.63) is 53.5 Å². The molecular formula is C17H12N4O2S2. The van der Waals surface area contributed by atoms with Crippen LogP contribution in [0, 0.1) is 0 Å². The summed E-state index contributed by atoms with van der Waals surface area (Å²) in [5, 5.41) is 10.9. The van der Waals surface area contributed by atoms with Crippen molar-refractivity contribution in [2.24, 2.45) is 0 Å². The van der Waals surface area contributed by atoms with E-state index in [0.717, 1.165) is 20.7 Å². The summed E-state index contributed by atoms with van der Waals surface area (Å²) < 4.78 is 6.54. The fraction of sp³-hybridized carbons (Fsp3) is 0.0588. The fourth-order valence-electron chi connectivity index (χ4n) is 2.32. The van der Waals surface area contributed by atoms with Gasteiger partial charge in [0.25, 0.3) is 11.8 Å². The van der Waals surface area contributed by atoms with Crippen molar-refractivity contribution < 1.29 is 9.21 Å². The molecule has 6 nitrogen and oxygen atoms in total. The van der Waals surface area contributed by atoms with Gasteiger partial charge in [-0.05, 0) is 30.5 Å². The Morgan fingerprint density at radius 2 is 1.92 bits per heavy atom. The van der Waals surface area contributed by atoms with E-state index in [0.29, 0.717) is 10.9 Å². The zero-order valence-corrected chi connectivity index (χ0v) is 14.7. The minimum absolute atomic E-state index is 0.0511.